The minimum absolute atomic E-state index is 0.0532. The molecule has 0 N–H and O–H groups in total. The number of aryl methyl sites for hydroxylation is 1. The third-order valence-corrected chi connectivity index (χ3v) is 3.61. The SMILES string of the molecule is Cc1occc1C(=O)N1CCc2ncc([N+](=O)[O-])cc2C1. The molecule has 0 unspecified atom stereocenters. The summed E-state index contributed by atoms with van der Waals surface area (Å²) in [4.78, 5) is 28.5. The van der Waals surface area contributed by atoms with Crippen molar-refractivity contribution in [2.45, 2.75) is 19.9 Å². The van der Waals surface area contributed by atoms with E-state index in [-0.39, 0.29) is 11.6 Å². The molecule has 0 atom stereocenters. The fourth-order valence-corrected chi connectivity index (χ4v) is 2.46. The van der Waals surface area contributed by atoms with Crippen molar-refractivity contribution in [2.24, 2.45) is 0 Å². The molecule has 0 fully saturated rings. The molecule has 0 bridgehead atoms. The highest BCUT2D eigenvalue weighted by Crippen LogP contribution is 2.23. The summed E-state index contributed by atoms with van der Waals surface area (Å²) in [6.07, 6.45) is 3.33. The van der Waals surface area contributed by atoms with E-state index in [4.69, 9.17) is 4.42 Å². The van der Waals surface area contributed by atoms with Crippen molar-refractivity contribution in [1.29, 1.82) is 0 Å². The van der Waals surface area contributed by atoms with Gasteiger partial charge in [0.2, 0.25) is 0 Å². The molecule has 3 heterocycles. The van der Waals surface area contributed by atoms with Crippen LogP contribution >= 0.6 is 0 Å². The number of rotatable bonds is 2. The minimum Gasteiger partial charge on any atom is -0.469 e. The van der Waals surface area contributed by atoms with E-state index in [9.17, 15) is 14.9 Å². The number of furan rings is 1. The van der Waals surface area contributed by atoms with Crippen molar-refractivity contribution in [2.75, 3.05) is 6.54 Å². The summed E-state index contributed by atoms with van der Waals surface area (Å²) < 4.78 is 5.15. The summed E-state index contributed by atoms with van der Waals surface area (Å²) in [7, 11) is 0. The van der Waals surface area contributed by atoms with Gasteiger partial charge in [-0.2, -0.15) is 0 Å². The van der Waals surface area contributed by atoms with Crippen molar-refractivity contribution in [3.05, 3.63) is 57.3 Å². The van der Waals surface area contributed by atoms with Gasteiger partial charge in [0.15, 0.2) is 0 Å². The smallest absolute Gasteiger partial charge is 0.287 e. The van der Waals surface area contributed by atoms with E-state index in [1.54, 1.807) is 17.9 Å². The maximum absolute atomic E-state index is 12.4. The number of carbonyl (C=O) groups excluding carboxylic acids is 1. The first-order chi connectivity index (χ1) is 10.1. The zero-order valence-electron chi connectivity index (χ0n) is 11.4. The van der Waals surface area contributed by atoms with Crippen LogP contribution in [0.2, 0.25) is 0 Å². The predicted octanol–water partition coefficient (Wildman–Crippen LogP) is 2.09. The van der Waals surface area contributed by atoms with Crippen LogP contribution in [0.15, 0.2) is 29.0 Å². The number of aromatic nitrogens is 1. The lowest BCUT2D eigenvalue weighted by Gasteiger charge is -2.27. The van der Waals surface area contributed by atoms with Crippen molar-refractivity contribution >= 4 is 11.6 Å². The zero-order valence-corrected chi connectivity index (χ0v) is 11.4. The van der Waals surface area contributed by atoms with Gasteiger partial charge in [0, 0.05) is 31.3 Å². The molecule has 0 aromatic carbocycles. The molecule has 21 heavy (non-hydrogen) atoms. The predicted molar refractivity (Wildman–Crippen MR) is 72.8 cm³/mol. The second-order valence-corrected chi connectivity index (χ2v) is 4.92. The number of amides is 1. The van der Waals surface area contributed by atoms with Crippen LogP contribution in [0.4, 0.5) is 5.69 Å². The third kappa shape index (κ3) is 2.37. The fraction of sp³-hybridized carbons (Fsp3) is 0.286. The molecule has 1 aliphatic rings. The highest BCUT2D eigenvalue weighted by atomic mass is 16.6. The Morgan fingerprint density at radius 1 is 1.52 bits per heavy atom. The highest BCUT2D eigenvalue weighted by molar-refractivity contribution is 5.95. The number of fused-ring (bicyclic) bond motifs is 1. The molecule has 2 aromatic heterocycles. The summed E-state index contributed by atoms with van der Waals surface area (Å²) in [6.45, 7) is 2.60. The Morgan fingerprint density at radius 3 is 3.00 bits per heavy atom. The number of hydrogen-bond donors (Lipinski definition) is 0. The fourth-order valence-electron chi connectivity index (χ4n) is 2.46. The molecule has 0 aliphatic carbocycles. The molecule has 7 nitrogen and oxygen atoms in total. The summed E-state index contributed by atoms with van der Waals surface area (Å²) in [5.74, 6) is 0.446. The van der Waals surface area contributed by atoms with Crippen molar-refractivity contribution < 1.29 is 14.1 Å². The topological polar surface area (TPSA) is 89.5 Å². The first kappa shape index (κ1) is 13.3. The van der Waals surface area contributed by atoms with Gasteiger partial charge in [-0.25, -0.2) is 0 Å². The largest absolute Gasteiger partial charge is 0.469 e. The summed E-state index contributed by atoms with van der Waals surface area (Å²) in [6, 6.07) is 3.13. The minimum atomic E-state index is -0.478. The van der Waals surface area contributed by atoms with Crippen LogP contribution in [0.25, 0.3) is 0 Å². The van der Waals surface area contributed by atoms with Crippen LogP contribution in [-0.4, -0.2) is 27.3 Å². The van der Waals surface area contributed by atoms with Gasteiger partial charge in [0.05, 0.1) is 16.7 Å². The zero-order chi connectivity index (χ0) is 15.0. The lowest BCUT2D eigenvalue weighted by Crippen LogP contribution is -2.36. The van der Waals surface area contributed by atoms with Crippen LogP contribution in [0.5, 0.6) is 0 Å². The van der Waals surface area contributed by atoms with Crippen LogP contribution in [-0.2, 0) is 13.0 Å². The van der Waals surface area contributed by atoms with Crippen molar-refractivity contribution in [3.8, 4) is 0 Å². The number of nitro groups is 1. The van der Waals surface area contributed by atoms with Gasteiger partial charge < -0.3 is 9.32 Å². The van der Waals surface area contributed by atoms with Crippen molar-refractivity contribution in [3.63, 3.8) is 0 Å². The lowest BCUT2D eigenvalue weighted by molar-refractivity contribution is -0.385. The van der Waals surface area contributed by atoms with E-state index < -0.39 is 4.92 Å². The van der Waals surface area contributed by atoms with Crippen LogP contribution in [0, 0.1) is 17.0 Å². The monoisotopic (exact) mass is 287 g/mol. The van der Waals surface area contributed by atoms with Gasteiger partial charge in [-0.1, -0.05) is 0 Å². The van der Waals surface area contributed by atoms with Gasteiger partial charge in [-0.05, 0) is 18.6 Å². The Labute approximate surface area is 120 Å². The van der Waals surface area contributed by atoms with Gasteiger partial charge in [0.1, 0.15) is 12.0 Å². The van der Waals surface area contributed by atoms with Crippen LogP contribution in [0.3, 0.4) is 0 Å². The highest BCUT2D eigenvalue weighted by Gasteiger charge is 2.25. The Kier molecular flexibility index (Phi) is 3.17. The molecular weight excluding hydrogens is 274 g/mol. The number of carbonyl (C=O) groups is 1. The average molecular weight is 287 g/mol. The summed E-state index contributed by atoms with van der Waals surface area (Å²) >= 11 is 0. The lowest BCUT2D eigenvalue weighted by atomic mass is 10.0. The molecule has 0 saturated carbocycles. The van der Waals surface area contributed by atoms with Gasteiger partial charge in [0.25, 0.3) is 11.6 Å². The Balaban J connectivity index is 1.87. The molecule has 1 aliphatic heterocycles. The number of pyridine rings is 1. The van der Waals surface area contributed by atoms with E-state index in [1.807, 2.05) is 0 Å². The average Bonchev–Trinajstić information content (AvgIpc) is 2.91. The first-order valence-electron chi connectivity index (χ1n) is 6.52. The standard InChI is InChI=1S/C14H13N3O4/c1-9-12(3-5-21-9)14(18)16-4-2-13-10(8-16)6-11(7-15-13)17(19)20/h3,5-7H,2,4,8H2,1H3. The molecule has 0 saturated heterocycles. The first-order valence-corrected chi connectivity index (χ1v) is 6.52. The van der Waals surface area contributed by atoms with E-state index in [0.717, 1.165) is 11.3 Å². The second kappa shape index (κ2) is 5.01. The maximum atomic E-state index is 12.4. The Bertz CT molecular complexity index is 723. The Hall–Kier alpha value is -2.70. The molecule has 2 aromatic rings. The third-order valence-electron chi connectivity index (χ3n) is 3.61. The second-order valence-electron chi connectivity index (χ2n) is 4.92. The number of nitrogens with zero attached hydrogens (tertiary/aromatic N) is 3. The molecule has 3 rings (SSSR count). The van der Waals surface area contributed by atoms with E-state index in [2.05, 4.69) is 4.98 Å². The quantitative estimate of drug-likeness (QED) is 0.623. The molecular formula is C14H13N3O4. The molecule has 0 radical (unpaired) electrons. The molecule has 7 heteroatoms. The van der Waals surface area contributed by atoms with Crippen molar-refractivity contribution in [1.82, 2.24) is 9.88 Å². The normalized spacial score (nSPS) is 13.9. The van der Waals surface area contributed by atoms with E-state index in [0.29, 0.717) is 30.8 Å². The van der Waals surface area contributed by atoms with Gasteiger partial charge in [-0.3, -0.25) is 19.9 Å². The van der Waals surface area contributed by atoms with Gasteiger partial charge in [-0.15, -0.1) is 0 Å². The maximum Gasteiger partial charge on any atom is 0.287 e. The van der Waals surface area contributed by atoms with Crippen LogP contribution < -0.4 is 0 Å². The Morgan fingerprint density at radius 2 is 2.33 bits per heavy atom. The van der Waals surface area contributed by atoms with E-state index >= 15 is 0 Å². The summed E-state index contributed by atoms with van der Waals surface area (Å²) in [5.41, 5.74) is 2.01. The molecule has 108 valence electrons. The van der Waals surface area contributed by atoms with Crippen LogP contribution in [0.1, 0.15) is 27.4 Å². The van der Waals surface area contributed by atoms with E-state index in [1.165, 1.54) is 18.5 Å². The van der Waals surface area contributed by atoms with Gasteiger partial charge >= 0.3 is 0 Å². The number of hydrogen-bond acceptors (Lipinski definition) is 5. The summed E-state index contributed by atoms with van der Waals surface area (Å²) in [5, 5.41) is 10.8. The molecule has 0 spiro atoms. The molecule has 1 amide bonds.